The van der Waals surface area contributed by atoms with Gasteiger partial charge in [0, 0.05) is 6.54 Å². The molecule has 5 nitrogen and oxygen atoms in total. The average molecular weight is 294 g/mol. The standard InChI is InChI=1S/C14H12ClNO4/c15-12-10(6-7-20-12)13(17)16-8-11(14(18)19)9-4-2-1-3-5-9/h1-7,11H,8H2,(H,16,17)(H,18,19). The molecule has 1 unspecified atom stereocenters. The number of carbonyl (C=O) groups excluding carboxylic acids is 1. The molecule has 1 aromatic carbocycles. The van der Waals surface area contributed by atoms with Crippen LogP contribution in [0.25, 0.3) is 0 Å². The summed E-state index contributed by atoms with van der Waals surface area (Å²) in [7, 11) is 0. The molecule has 2 N–H and O–H groups in total. The van der Waals surface area contributed by atoms with Gasteiger partial charge in [-0.15, -0.1) is 0 Å². The van der Waals surface area contributed by atoms with Crippen molar-refractivity contribution in [2.45, 2.75) is 5.92 Å². The molecule has 0 aliphatic heterocycles. The fraction of sp³-hybridized carbons (Fsp3) is 0.143. The van der Waals surface area contributed by atoms with Gasteiger partial charge >= 0.3 is 5.97 Å². The second kappa shape index (κ2) is 6.25. The molecule has 1 amide bonds. The summed E-state index contributed by atoms with van der Waals surface area (Å²) in [4.78, 5) is 23.1. The van der Waals surface area contributed by atoms with Gasteiger partial charge in [-0.25, -0.2) is 0 Å². The van der Waals surface area contributed by atoms with Crippen molar-refractivity contribution in [2.24, 2.45) is 0 Å². The number of carbonyl (C=O) groups is 2. The average Bonchev–Trinajstić information content (AvgIpc) is 2.86. The number of nitrogens with one attached hydrogen (secondary N) is 1. The largest absolute Gasteiger partial charge is 0.481 e. The van der Waals surface area contributed by atoms with Crippen molar-refractivity contribution in [3.05, 3.63) is 59.0 Å². The number of carboxylic acid groups (broad SMARTS) is 1. The van der Waals surface area contributed by atoms with E-state index in [1.165, 1.54) is 12.3 Å². The normalized spacial score (nSPS) is 11.8. The van der Waals surface area contributed by atoms with Crippen LogP contribution in [0.1, 0.15) is 21.8 Å². The molecule has 1 atom stereocenters. The van der Waals surface area contributed by atoms with Crippen LogP contribution in [0.4, 0.5) is 0 Å². The van der Waals surface area contributed by atoms with E-state index in [-0.39, 0.29) is 17.3 Å². The third kappa shape index (κ3) is 3.19. The highest BCUT2D eigenvalue weighted by Gasteiger charge is 2.21. The molecule has 0 radical (unpaired) electrons. The molecule has 0 saturated carbocycles. The third-order valence-electron chi connectivity index (χ3n) is 2.83. The first-order chi connectivity index (χ1) is 9.59. The molecule has 20 heavy (non-hydrogen) atoms. The second-order valence-corrected chi connectivity index (χ2v) is 4.46. The van der Waals surface area contributed by atoms with Crippen molar-refractivity contribution in [2.75, 3.05) is 6.54 Å². The SMILES string of the molecule is O=C(NCC(C(=O)O)c1ccccc1)c1ccoc1Cl. The Hall–Kier alpha value is -2.27. The van der Waals surface area contributed by atoms with Crippen molar-refractivity contribution in [3.63, 3.8) is 0 Å². The number of aliphatic carboxylic acids is 1. The Morgan fingerprint density at radius 1 is 1.25 bits per heavy atom. The molecule has 1 heterocycles. The number of hydrogen-bond donors (Lipinski definition) is 2. The summed E-state index contributed by atoms with van der Waals surface area (Å²) >= 11 is 5.69. The Morgan fingerprint density at radius 3 is 2.50 bits per heavy atom. The summed E-state index contributed by atoms with van der Waals surface area (Å²) in [5.74, 6) is -2.29. The zero-order valence-electron chi connectivity index (χ0n) is 10.4. The number of halogens is 1. The molecule has 6 heteroatoms. The van der Waals surface area contributed by atoms with Crippen LogP contribution in [-0.4, -0.2) is 23.5 Å². The van der Waals surface area contributed by atoms with Crippen LogP contribution in [0.3, 0.4) is 0 Å². The minimum atomic E-state index is -1.00. The van der Waals surface area contributed by atoms with Gasteiger partial charge in [0.1, 0.15) is 0 Å². The molecule has 0 fully saturated rings. The van der Waals surface area contributed by atoms with Gasteiger partial charge in [-0.1, -0.05) is 30.3 Å². The van der Waals surface area contributed by atoms with Crippen molar-refractivity contribution in [3.8, 4) is 0 Å². The molecule has 2 rings (SSSR count). The van der Waals surface area contributed by atoms with E-state index in [2.05, 4.69) is 5.32 Å². The monoisotopic (exact) mass is 293 g/mol. The quantitative estimate of drug-likeness (QED) is 0.888. The first-order valence-corrected chi connectivity index (χ1v) is 6.26. The van der Waals surface area contributed by atoms with Gasteiger partial charge in [0.15, 0.2) is 0 Å². The van der Waals surface area contributed by atoms with Crippen LogP contribution in [0.2, 0.25) is 5.22 Å². The van der Waals surface area contributed by atoms with Gasteiger partial charge in [0.05, 0.1) is 17.7 Å². The molecule has 0 saturated heterocycles. The zero-order valence-corrected chi connectivity index (χ0v) is 11.1. The highest BCUT2D eigenvalue weighted by atomic mass is 35.5. The maximum atomic E-state index is 11.8. The third-order valence-corrected chi connectivity index (χ3v) is 3.12. The maximum absolute atomic E-state index is 11.8. The first kappa shape index (κ1) is 14.1. The van der Waals surface area contributed by atoms with Gasteiger partial charge in [-0.05, 0) is 23.2 Å². The number of amides is 1. The minimum absolute atomic E-state index is 0.0194. The lowest BCUT2D eigenvalue weighted by Gasteiger charge is -2.13. The lowest BCUT2D eigenvalue weighted by molar-refractivity contribution is -0.138. The van der Waals surface area contributed by atoms with Crippen LogP contribution >= 0.6 is 11.6 Å². The number of benzene rings is 1. The molecular weight excluding hydrogens is 282 g/mol. The van der Waals surface area contributed by atoms with Crippen molar-refractivity contribution in [1.82, 2.24) is 5.32 Å². The first-order valence-electron chi connectivity index (χ1n) is 5.88. The number of carboxylic acids is 1. The Morgan fingerprint density at radius 2 is 1.95 bits per heavy atom. The molecule has 0 aliphatic rings. The van der Waals surface area contributed by atoms with E-state index in [1.54, 1.807) is 30.3 Å². The van der Waals surface area contributed by atoms with E-state index < -0.39 is 17.8 Å². The van der Waals surface area contributed by atoms with E-state index in [4.69, 9.17) is 16.0 Å². The second-order valence-electron chi connectivity index (χ2n) is 4.12. The predicted octanol–water partition coefficient (Wildman–Crippen LogP) is 2.53. The zero-order chi connectivity index (χ0) is 14.5. The van der Waals surface area contributed by atoms with Crippen LogP contribution in [0.15, 0.2) is 47.1 Å². The fourth-order valence-corrected chi connectivity index (χ4v) is 1.98. The van der Waals surface area contributed by atoms with E-state index >= 15 is 0 Å². The summed E-state index contributed by atoms with van der Waals surface area (Å²) in [5, 5.41) is 11.8. The highest BCUT2D eigenvalue weighted by Crippen LogP contribution is 2.18. The van der Waals surface area contributed by atoms with Gasteiger partial charge in [-0.2, -0.15) is 0 Å². The molecule has 2 aromatic rings. The van der Waals surface area contributed by atoms with E-state index in [0.29, 0.717) is 5.56 Å². The molecule has 0 aliphatic carbocycles. The topological polar surface area (TPSA) is 79.5 Å². The van der Waals surface area contributed by atoms with E-state index in [9.17, 15) is 14.7 Å². The summed E-state index contributed by atoms with van der Waals surface area (Å²) in [6, 6.07) is 10.1. The van der Waals surface area contributed by atoms with Gasteiger partial charge in [0.25, 0.3) is 5.91 Å². The number of rotatable bonds is 5. The van der Waals surface area contributed by atoms with Crippen LogP contribution in [0.5, 0.6) is 0 Å². The lowest BCUT2D eigenvalue weighted by Crippen LogP contribution is -2.31. The molecule has 0 bridgehead atoms. The Bertz CT molecular complexity index is 609. The van der Waals surface area contributed by atoms with E-state index in [1.807, 2.05) is 0 Å². The van der Waals surface area contributed by atoms with Crippen molar-refractivity contribution in [1.29, 1.82) is 0 Å². The van der Waals surface area contributed by atoms with Gasteiger partial charge < -0.3 is 14.8 Å². The highest BCUT2D eigenvalue weighted by molar-refractivity contribution is 6.32. The van der Waals surface area contributed by atoms with E-state index in [0.717, 1.165) is 0 Å². The minimum Gasteiger partial charge on any atom is -0.481 e. The van der Waals surface area contributed by atoms with Gasteiger partial charge in [-0.3, -0.25) is 9.59 Å². The Balaban J connectivity index is 2.06. The predicted molar refractivity (Wildman–Crippen MR) is 72.9 cm³/mol. The fourth-order valence-electron chi connectivity index (χ4n) is 1.78. The molecule has 1 aromatic heterocycles. The number of furan rings is 1. The number of hydrogen-bond acceptors (Lipinski definition) is 3. The Labute approximate surface area is 120 Å². The van der Waals surface area contributed by atoms with Crippen LogP contribution in [0, 0.1) is 0 Å². The van der Waals surface area contributed by atoms with Gasteiger partial charge in [0.2, 0.25) is 5.22 Å². The molecule has 0 spiro atoms. The van der Waals surface area contributed by atoms with Crippen molar-refractivity contribution < 1.29 is 19.1 Å². The summed E-state index contributed by atoms with van der Waals surface area (Å²) in [6.45, 7) is -0.0281. The Kier molecular flexibility index (Phi) is 4.42. The molecule has 104 valence electrons. The van der Waals surface area contributed by atoms with Crippen molar-refractivity contribution >= 4 is 23.5 Å². The van der Waals surface area contributed by atoms with Crippen LogP contribution < -0.4 is 5.32 Å². The molecular formula is C14H12ClNO4. The smallest absolute Gasteiger partial charge is 0.312 e. The lowest BCUT2D eigenvalue weighted by atomic mass is 9.99. The summed E-state index contributed by atoms with van der Waals surface area (Å²) in [5.41, 5.74) is 0.808. The summed E-state index contributed by atoms with van der Waals surface area (Å²) < 4.78 is 4.81. The summed E-state index contributed by atoms with van der Waals surface area (Å²) in [6.07, 6.45) is 1.29. The maximum Gasteiger partial charge on any atom is 0.312 e. The van der Waals surface area contributed by atoms with Crippen LogP contribution in [-0.2, 0) is 4.79 Å².